The van der Waals surface area contributed by atoms with Crippen LogP contribution in [-0.4, -0.2) is 53.2 Å². The number of halogens is 11. The van der Waals surface area contributed by atoms with Crippen molar-refractivity contribution in [3.05, 3.63) is 0 Å². The minimum atomic E-state index is -7.22. The molecule has 0 aromatic heterocycles. The topological polar surface area (TPSA) is 46.5 Å². The van der Waals surface area contributed by atoms with Gasteiger partial charge in [0.15, 0.2) is 11.8 Å². The van der Waals surface area contributed by atoms with E-state index in [9.17, 15) is 58.2 Å². The molecule has 0 radical (unpaired) electrons. The summed E-state index contributed by atoms with van der Waals surface area (Å²) in [6, 6.07) is 0. The van der Waals surface area contributed by atoms with Gasteiger partial charge in [0.2, 0.25) is 0 Å². The molecule has 1 rings (SSSR count). The standard InChI is InChI=1S/C15H17F11O3/c1-11(28,10(27)29-7-5-3-2-4-6-7)8(13(19,20)21)9(16)12(17,18)14(22,23)15(24,25)26/h7-9,28H,2-6H2,1H3. The van der Waals surface area contributed by atoms with Crippen LogP contribution in [0.25, 0.3) is 0 Å². The summed E-state index contributed by atoms with van der Waals surface area (Å²) >= 11 is 0. The molecule has 0 bridgehead atoms. The number of hydrogen-bond donors (Lipinski definition) is 1. The molecule has 1 N–H and O–H groups in total. The van der Waals surface area contributed by atoms with E-state index in [-0.39, 0.29) is 19.8 Å². The Morgan fingerprint density at radius 1 is 0.931 bits per heavy atom. The monoisotopic (exact) mass is 454 g/mol. The molecule has 1 saturated carbocycles. The summed E-state index contributed by atoms with van der Waals surface area (Å²) in [7, 11) is 0. The van der Waals surface area contributed by atoms with Gasteiger partial charge >= 0.3 is 30.2 Å². The van der Waals surface area contributed by atoms with Gasteiger partial charge in [0.1, 0.15) is 12.0 Å². The predicted octanol–water partition coefficient (Wildman–Crippen LogP) is 4.96. The van der Waals surface area contributed by atoms with Crippen LogP contribution in [0.4, 0.5) is 48.3 Å². The minimum absolute atomic E-state index is 0.125. The van der Waals surface area contributed by atoms with Gasteiger partial charge in [-0.05, 0) is 32.6 Å². The van der Waals surface area contributed by atoms with Gasteiger partial charge < -0.3 is 9.84 Å². The maximum Gasteiger partial charge on any atom is 0.459 e. The second-order valence-electron chi connectivity index (χ2n) is 6.93. The van der Waals surface area contributed by atoms with Crippen LogP contribution < -0.4 is 0 Å². The maximum atomic E-state index is 14.0. The van der Waals surface area contributed by atoms with Gasteiger partial charge in [-0.3, -0.25) is 0 Å². The molecular formula is C15H17F11O3. The maximum absolute atomic E-state index is 14.0. The Labute approximate surface area is 157 Å². The normalized spacial score (nSPS) is 22.0. The first-order valence-electron chi connectivity index (χ1n) is 8.24. The van der Waals surface area contributed by atoms with Gasteiger partial charge in [-0.1, -0.05) is 6.42 Å². The summed E-state index contributed by atoms with van der Waals surface area (Å²) in [5.41, 5.74) is -4.21. The zero-order valence-corrected chi connectivity index (χ0v) is 14.7. The molecule has 3 atom stereocenters. The van der Waals surface area contributed by atoms with Crippen LogP contribution >= 0.6 is 0 Å². The number of hydrogen-bond acceptors (Lipinski definition) is 3. The van der Waals surface area contributed by atoms with E-state index in [1.165, 1.54) is 0 Å². The molecule has 3 unspecified atom stereocenters. The highest BCUT2D eigenvalue weighted by Gasteiger charge is 2.79. The van der Waals surface area contributed by atoms with E-state index in [4.69, 9.17) is 0 Å². The Morgan fingerprint density at radius 3 is 1.76 bits per heavy atom. The first-order chi connectivity index (χ1) is 12.8. The van der Waals surface area contributed by atoms with Gasteiger partial charge in [-0.25, -0.2) is 9.18 Å². The van der Waals surface area contributed by atoms with E-state index in [1.807, 2.05) is 0 Å². The Balaban J connectivity index is 3.28. The summed E-state index contributed by atoms with van der Waals surface area (Å²) in [5.74, 6) is -21.1. The molecule has 0 aromatic carbocycles. The molecule has 14 heteroatoms. The Kier molecular flexibility index (Phi) is 7.14. The Hall–Kier alpha value is -1.34. The third-order valence-electron chi connectivity index (χ3n) is 4.61. The molecule has 0 heterocycles. The first kappa shape index (κ1) is 25.7. The Bertz CT molecular complexity index is 577. The summed E-state index contributed by atoms with van der Waals surface area (Å²) in [6.45, 7) is -0.134. The van der Waals surface area contributed by atoms with Crippen molar-refractivity contribution < 1.29 is 62.9 Å². The third kappa shape index (κ3) is 5.05. The van der Waals surface area contributed by atoms with Crippen molar-refractivity contribution >= 4 is 5.97 Å². The fraction of sp³-hybridized carbons (Fsp3) is 0.933. The summed E-state index contributed by atoms with van der Waals surface area (Å²) < 4.78 is 148. The van der Waals surface area contributed by atoms with E-state index in [0.29, 0.717) is 19.3 Å². The molecule has 1 aliphatic rings. The number of carbonyl (C=O) groups excluding carboxylic acids is 1. The number of alkyl halides is 11. The zero-order valence-electron chi connectivity index (χ0n) is 14.7. The molecule has 1 fully saturated rings. The van der Waals surface area contributed by atoms with E-state index in [1.54, 1.807) is 0 Å². The van der Waals surface area contributed by atoms with Crippen LogP contribution in [0.5, 0.6) is 0 Å². The fourth-order valence-electron chi connectivity index (χ4n) is 2.92. The van der Waals surface area contributed by atoms with Crippen LogP contribution in [0.1, 0.15) is 39.0 Å². The van der Waals surface area contributed by atoms with E-state index >= 15 is 0 Å². The van der Waals surface area contributed by atoms with Crippen molar-refractivity contribution in [3.8, 4) is 0 Å². The van der Waals surface area contributed by atoms with Gasteiger partial charge in [-0.2, -0.15) is 43.9 Å². The van der Waals surface area contributed by atoms with Crippen molar-refractivity contribution in [2.24, 2.45) is 5.92 Å². The van der Waals surface area contributed by atoms with Crippen LogP contribution in [0, 0.1) is 5.92 Å². The lowest BCUT2D eigenvalue weighted by molar-refractivity contribution is -0.380. The molecule has 3 nitrogen and oxygen atoms in total. The highest BCUT2D eigenvalue weighted by Crippen LogP contribution is 2.53. The smallest absolute Gasteiger partial charge is 0.459 e. The number of rotatable bonds is 6. The van der Waals surface area contributed by atoms with Crippen molar-refractivity contribution in [2.45, 2.75) is 81.1 Å². The van der Waals surface area contributed by atoms with Crippen LogP contribution in [-0.2, 0) is 9.53 Å². The molecule has 0 saturated heterocycles. The summed E-state index contributed by atoms with van der Waals surface area (Å²) in [5, 5.41) is 9.82. The molecule has 172 valence electrons. The predicted molar refractivity (Wildman–Crippen MR) is 74.0 cm³/mol. The first-order valence-corrected chi connectivity index (χ1v) is 8.24. The summed E-state index contributed by atoms with van der Waals surface area (Å²) in [4.78, 5) is 11.9. The fourth-order valence-corrected chi connectivity index (χ4v) is 2.92. The SMILES string of the molecule is CC(O)(C(=O)OC1CCCCC1)C(C(F)C(F)(F)C(F)(F)C(F)(F)F)C(F)(F)F. The van der Waals surface area contributed by atoms with Crippen LogP contribution in [0.15, 0.2) is 0 Å². The van der Waals surface area contributed by atoms with E-state index < -0.39 is 54.0 Å². The lowest BCUT2D eigenvalue weighted by Gasteiger charge is -2.39. The van der Waals surface area contributed by atoms with Crippen molar-refractivity contribution in [1.29, 1.82) is 0 Å². The third-order valence-corrected chi connectivity index (χ3v) is 4.61. The number of aliphatic hydroxyl groups is 1. The largest absolute Gasteiger partial charge is 0.460 e. The average Bonchev–Trinajstić information content (AvgIpc) is 2.52. The second-order valence-corrected chi connectivity index (χ2v) is 6.93. The van der Waals surface area contributed by atoms with Crippen LogP contribution in [0.2, 0.25) is 0 Å². The summed E-state index contributed by atoms with van der Waals surface area (Å²) in [6.07, 6.45) is -17.9. The molecule has 0 aliphatic heterocycles. The quantitative estimate of drug-likeness (QED) is 0.456. The van der Waals surface area contributed by atoms with E-state index in [0.717, 1.165) is 0 Å². The lowest BCUT2D eigenvalue weighted by Crippen LogP contribution is -2.65. The van der Waals surface area contributed by atoms with E-state index in [2.05, 4.69) is 4.74 Å². The molecule has 29 heavy (non-hydrogen) atoms. The second kappa shape index (κ2) is 8.06. The van der Waals surface area contributed by atoms with Crippen molar-refractivity contribution in [2.75, 3.05) is 0 Å². The average molecular weight is 454 g/mol. The molecule has 0 aromatic rings. The van der Waals surface area contributed by atoms with Gasteiger partial charge in [0.05, 0.1) is 0 Å². The Morgan fingerprint density at radius 2 is 1.38 bits per heavy atom. The number of carbonyl (C=O) groups is 1. The van der Waals surface area contributed by atoms with Gasteiger partial charge in [0, 0.05) is 0 Å². The van der Waals surface area contributed by atoms with Crippen LogP contribution in [0.3, 0.4) is 0 Å². The minimum Gasteiger partial charge on any atom is -0.460 e. The lowest BCUT2D eigenvalue weighted by atomic mass is 9.80. The highest BCUT2D eigenvalue weighted by molar-refractivity contribution is 5.79. The van der Waals surface area contributed by atoms with Crippen molar-refractivity contribution in [1.82, 2.24) is 0 Å². The number of esters is 1. The number of ether oxygens (including phenoxy) is 1. The van der Waals surface area contributed by atoms with Crippen molar-refractivity contribution in [3.63, 3.8) is 0 Å². The highest BCUT2D eigenvalue weighted by atomic mass is 19.4. The zero-order chi connectivity index (χ0) is 23.1. The van der Waals surface area contributed by atoms with Gasteiger partial charge in [-0.15, -0.1) is 0 Å². The van der Waals surface area contributed by atoms with Gasteiger partial charge in [0.25, 0.3) is 0 Å². The molecule has 0 amide bonds. The molecule has 1 aliphatic carbocycles. The molecule has 0 spiro atoms. The molecular weight excluding hydrogens is 437 g/mol.